The number of aryl methyl sites for hydroxylation is 2. The highest BCUT2D eigenvalue weighted by Crippen LogP contribution is 2.58. The largest absolute Gasteiger partial charge is 0.508 e. The van der Waals surface area contributed by atoms with E-state index in [0.29, 0.717) is 28.2 Å². The first-order valence-electron chi connectivity index (χ1n) is 13.7. The Morgan fingerprint density at radius 1 is 0.703 bits per heavy atom. The van der Waals surface area contributed by atoms with E-state index in [1.165, 1.54) is 0 Å². The van der Waals surface area contributed by atoms with E-state index in [9.17, 15) is 15.0 Å². The number of esters is 1. The van der Waals surface area contributed by atoms with Crippen molar-refractivity contribution < 1.29 is 24.5 Å². The molecule has 0 unspecified atom stereocenters. The molecule has 2 heterocycles. The van der Waals surface area contributed by atoms with Crippen molar-refractivity contribution >= 4 is 5.97 Å². The van der Waals surface area contributed by atoms with Gasteiger partial charge in [0.2, 0.25) is 0 Å². The summed E-state index contributed by atoms with van der Waals surface area (Å²) in [6, 6.07) is 14.6. The maximum atomic E-state index is 13.2. The SMILES string of the molecule is CCCCCCc1cc2c(cc1O)Oc1cc(O)c(CCCCCC)cc1C21OC(=O)c2ccccc21. The molecule has 5 rings (SSSR count). The van der Waals surface area contributed by atoms with Crippen molar-refractivity contribution in [2.45, 2.75) is 83.7 Å². The first-order valence-corrected chi connectivity index (χ1v) is 13.7. The molecule has 1 spiro atoms. The van der Waals surface area contributed by atoms with E-state index in [2.05, 4.69) is 13.8 Å². The van der Waals surface area contributed by atoms with Crippen LogP contribution in [0.4, 0.5) is 0 Å². The van der Waals surface area contributed by atoms with Gasteiger partial charge in [0.05, 0.1) is 5.56 Å². The smallest absolute Gasteiger partial charge is 0.340 e. The Balaban J connectivity index is 1.65. The molecule has 5 nitrogen and oxygen atoms in total. The number of phenolic OH excluding ortho intramolecular Hbond substituents is 2. The first-order chi connectivity index (χ1) is 18.0. The zero-order valence-electron chi connectivity index (χ0n) is 21.8. The van der Waals surface area contributed by atoms with Gasteiger partial charge < -0.3 is 19.7 Å². The Labute approximate surface area is 219 Å². The third-order valence-corrected chi connectivity index (χ3v) is 7.71. The van der Waals surface area contributed by atoms with Crippen molar-refractivity contribution in [2.24, 2.45) is 0 Å². The van der Waals surface area contributed by atoms with Gasteiger partial charge in [0.15, 0.2) is 5.60 Å². The van der Waals surface area contributed by atoms with Gasteiger partial charge in [-0.25, -0.2) is 4.79 Å². The van der Waals surface area contributed by atoms with Crippen molar-refractivity contribution in [1.29, 1.82) is 0 Å². The number of carbonyl (C=O) groups is 1. The zero-order valence-corrected chi connectivity index (χ0v) is 21.8. The first kappa shape index (κ1) is 25.2. The molecule has 2 aliphatic rings. The molecule has 0 saturated heterocycles. The second kappa shape index (κ2) is 10.5. The van der Waals surface area contributed by atoms with Crippen LogP contribution < -0.4 is 4.74 Å². The monoisotopic (exact) mass is 500 g/mol. The number of hydrogen-bond donors (Lipinski definition) is 2. The van der Waals surface area contributed by atoms with Gasteiger partial charge in [0.25, 0.3) is 0 Å². The normalized spacial score (nSPS) is 14.6. The quantitative estimate of drug-likeness (QED) is 0.218. The van der Waals surface area contributed by atoms with Crippen molar-refractivity contribution in [3.8, 4) is 23.0 Å². The topological polar surface area (TPSA) is 76.0 Å². The Morgan fingerprint density at radius 2 is 1.24 bits per heavy atom. The van der Waals surface area contributed by atoms with Gasteiger partial charge in [0, 0.05) is 28.8 Å². The molecule has 3 aromatic rings. The van der Waals surface area contributed by atoms with Crippen LogP contribution in [-0.4, -0.2) is 16.2 Å². The molecular formula is C32H36O5. The maximum absolute atomic E-state index is 13.2. The van der Waals surface area contributed by atoms with Crippen LogP contribution in [0, 0.1) is 0 Å². The third-order valence-electron chi connectivity index (χ3n) is 7.71. The Bertz CT molecular complexity index is 1240. The Kier molecular flexibility index (Phi) is 7.14. The Morgan fingerprint density at radius 3 is 1.78 bits per heavy atom. The van der Waals surface area contributed by atoms with Crippen molar-refractivity contribution in [1.82, 2.24) is 0 Å². The summed E-state index contributed by atoms with van der Waals surface area (Å²) in [5.41, 5.74) is 3.15. The molecule has 0 aliphatic carbocycles. The molecule has 0 aromatic heterocycles. The maximum Gasteiger partial charge on any atom is 0.340 e. The van der Waals surface area contributed by atoms with Crippen LogP contribution >= 0.6 is 0 Å². The number of aromatic hydroxyl groups is 2. The van der Waals surface area contributed by atoms with Gasteiger partial charge >= 0.3 is 5.97 Å². The van der Waals surface area contributed by atoms with E-state index < -0.39 is 5.60 Å². The Hall–Kier alpha value is -3.47. The van der Waals surface area contributed by atoms with E-state index in [0.717, 1.165) is 80.9 Å². The van der Waals surface area contributed by atoms with Crippen LogP contribution in [0.25, 0.3) is 0 Å². The van der Waals surface area contributed by atoms with Crippen LogP contribution in [0.15, 0.2) is 48.5 Å². The molecule has 0 radical (unpaired) electrons. The van der Waals surface area contributed by atoms with Crippen molar-refractivity contribution in [2.75, 3.05) is 0 Å². The van der Waals surface area contributed by atoms with Crippen LogP contribution in [0.3, 0.4) is 0 Å². The summed E-state index contributed by atoms with van der Waals surface area (Å²) < 4.78 is 12.6. The van der Waals surface area contributed by atoms with E-state index in [1.54, 1.807) is 18.2 Å². The molecule has 2 N–H and O–H groups in total. The summed E-state index contributed by atoms with van der Waals surface area (Å²) in [6.45, 7) is 4.35. The number of carbonyl (C=O) groups excluding carboxylic acids is 1. The average Bonchev–Trinajstić information content (AvgIpc) is 3.18. The van der Waals surface area contributed by atoms with E-state index in [4.69, 9.17) is 9.47 Å². The minimum Gasteiger partial charge on any atom is -0.508 e. The molecule has 194 valence electrons. The highest BCUT2D eigenvalue weighted by atomic mass is 16.6. The highest BCUT2D eigenvalue weighted by molar-refractivity contribution is 5.97. The molecule has 2 aliphatic heterocycles. The van der Waals surface area contributed by atoms with Crippen LogP contribution in [0.5, 0.6) is 23.0 Å². The lowest BCUT2D eigenvalue weighted by Crippen LogP contribution is -2.33. The van der Waals surface area contributed by atoms with Crippen molar-refractivity contribution in [3.05, 3.63) is 81.9 Å². The molecule has 0 fully saturated rings. The van der Waals surface area contributed by atoms with E-state index in [1.807, 2.05) is 30.3 Å². The summed E-state index contributed by atoms with van der Waals surface area (Å²) in [7, 11) is 0. The summed E-state index contributed by atoms with van der Waals surface area (Å²) >= 11 is 0. The molecule has 3 aromatic carbocycles. The summed E-state index contributed by atoms with van der Waals surface area (Å²) in [5, 5.41) is 21.7. The predicted octanol–water partition coefficient (Wildman–Crippen LogP) is 7.91. The van der Waals surface area contributed by atoms with Crippen LogP contribution in [0.1, 0.15) is 103 Å². The fraction of sp³-hybridized carbons (Fsp3) is 0.406. The standard InChI is InChI=1S/C32H36O5/c1-3-5-7-9-13-21-17-25-29(19-27(21)33)36-30-20-28(34)22(14-10-8-6-4-2)18-26(30)32(25)24-16-12-11-15-23(24)31(35)37-32/h11-12,15-20,33-34H,3-10,13-14H2,1-2H3. The minimum atomic E-state index is -1.20. The number of phenols is 2. The van der Waals surface area contributed by atoms with Crippen LogP contribution in [-0.2, 0) is 23.2 Å². The number of benzene rings is 3. The molecule has 5 heteroatoms. The number of rotatable bonds is 10. The number of hydrogen-bond acceptors (Lipinski definition) is 5. The fourth-order valence-electron chi connectivity index (χ4n) is 5.71. The molecule has 0 saturated carbocycles. The summed E-state index contributed by atoms with van der Waals surface area (Å²) in [5.74, 6) is 0.819. The molecule has 0 amide bonds. The molecule has 0 atom stereocenters. The summed E-state index contributed by atoms with van der Waals surface area (Å²) in [4.78, 5) is 13.2. The minimum absolute atomic E-state index is 0.170. The van der Waals surface area contributed by atoms with E-state index in [-0.39, 0.29) is 17.5 Å². The molecule has 37 heavy (non-hydrogen) atoms. The van der Waals surface area contributed by atoms with Gasteiger partial charge in [-0.1, -0.05) is 70.6 Å². The van der Waals surface area contributed by atoms with Gasteiger partial charge in [-0.2, -0.15) is 0 Å². The van der Waals surface area contributed by atoms with Gasteiger partial charge in [0.1, 0.15) is 23.0 Å². The van der Waals surface area contributed by atoms with Gasteiger partial charge in [-0.15, -0.1) is 0 Å². The third kappa shape index (κ3) is 4.45. The number of fused-ring (bicyclic) bond motifs is 6. The fourth-order valence-corrected chi connectivity index (χ4v) is 5.71. The van der Waals surface area contributed by atoms with Gasteiger partial charge in [-0.05, 0) is 55.0 Å². The van der Waals surface area contributed by atoms with E-state index >= 15 is 0 Å². The lowest BCUT2D eigenvalue weighted by atomic mass is 9.76. The molecule has 0 bridgehead atoms. The lowest BCUT2D eigenvalue weighted by molar-refractivity contribution is 0.0223. The second-order valence-electron chi connectivity index (χ2n) is 10.3. The number of unbranched alkanes of at least 4 members (excludes halogenated alkanes) is 6. The highest BCUT2D eigenvalue weighted by Gasteiger charge is 2.54. The van der Waals surface area contributed by atoms with Crippen LogP contribution in [0.2, 0.25) is 0 Å². The average molecular weight is 501 g/mol. The van der Waals surface area contributed by atoms with Crippen molar-refractivity contribution in [3.63, 3.8) is 0 Å². The summed E-state index contributed by atoms with van der Waals surface area (Å²) in [6.07, 6.45) is 10.2. The second-order valence-corrected chi connectivity index (χ2v) is 10.3. The zero-order chi connectivity index (χ0) is 26.0. The molecular weight excluding hydrogens is 464 g/mol. The van der Waals surface area contributed by atoms with Gasteiger partial charge in [-0.3, -0.25) is 0 Å². The predicted molar refractivity (Wildman–Crippen MR) is 144 cm³/mol. The lowest BCUT2D eigenvalue weighted by Gasteiger charge is -2.37. The number of ether oxygens (including phenoxy) is 2.